The standard InChI is InChI=1S/C23H24O3P.ClH/c1-3-26-22(24)23(25-2)27(19-13-7-4-8-14-19,20-15-9-5-10-16-20)21-17-11-6-12-18-21;/h4-18,23H,3H2,1-2H3;1H/q+1;/p-1. The highest BCUT2D eigenvalue weighted by molar-refractivity contribution is 7.96. The molecule has 0 aliphatic carbocycles. The van der Waals surface area contributed by atoms with E-state index in [-0.39, 0.29) is 18.4 Å². The molecule has 0 aromatic heterocycles. The normalized spacial score (nSPS) is 11.9. The van der Waals surface area contributed by atoms with Crippen LogP contribution in [-0.2, 0) is 14.3 Å². The Bertz CT molecular complexity index is 760. The molecule has 0 amide bonds. The fraction of sp³-hybridized carbons (Fsp3) is 0.174. The summed E-state index contributed by atoms with van der Waals surface area (Å²) in [6, 6.07) is 30.5. The number of carbonyl (C=O) groups is 1. The van der Waals surface area contributed by atoms with Crippen LogP contribution in [0.25, 0.3) is 0 Å². The van der Waals surface area contributed by atoms with Crippen molar-refractivity contribution in [3.05, 3.63) is 91.0 Å². The van der Waals surface area contributed by atoms with Crippen molar-refractivity contribution in [2.45, 2.75) is 12.8 Å². The molecule has 146 valence electrons. The highest BCUT2D eigenvalue weighted by atomic mass is 35.5. The van der Waals surface area contributed by atoms with Gasteiger partial charge >= 0.3 is 5.97 Å². The molecule has 28 heavy (non-hydrogen) atoms. The summed E-state index contributed by atoms with van der Waals surface area (Å²) in [5, 5.41) is 3.26. The molecule has 1 atom stereocenters. The maximum absolute atomic E-state index is 13.0. The first-order chi connectivity index (χ1) is 13.2. The molecule has 0 radical (unpaired) electrons. The molecule has 5 heteroatoms. The van der Waals surface area contributed by atoms with E-state index in [1.54, 1.807) is 7.11 Å². The van der Waals surface area contributed by atoms with Crippen LogP contribution in [0.15, 0.2) is 91.0 Å². The Hall–Kier alpha value is -2.19. The molecular formula is C23H24ClO3P. The van der Waals surface area contributed by atoms with Gasteiger partial charge in [-0.25, -0.2) is 4.79 Å². The van der Waals surface area contributed by atoms with Gasteiger partial charge in [0.15, 0.2) is 7.26 Å². The third-order valence-electron chi connectivity index (χ3n) is 4.55. The van der Waals surface area contributed by atoms with Crippen LogP contribution in [0.5, 0.6) is 0 Å². The summed E-state index contributed by atoms with van der Waals surface area (Å²) < 4.78 is 11.3. The van der Waals surface area contributed by atoms with Crippen molar-refractivity contribution in [3.63, 3.8) is 0 Å². The van der Waals surface area contributed by atoms with Gasteiger partial charge in [-0.3, -0.25) is 0 Å². The zero-order valence-electron chi connectivity index (χ0n) is 16.0. The zero-order valence-corrected chi connectivity index (χ0v) is 17.6. The highest BCUT2D eigenvalue weighted by Gasteiger charge is 2.57. The second kappa shape index (κ2) is 10.4. The summed E-state index contributed by atoms with van der Waals surface area (Å²) in [4.78, 5) is 13.0. The lowest BCUT2D eigenvalue weighted by molar-refractivity contribution is -0.149. The van der Waals surface area contributed by atoms with Crippen LogP contribution in [0.1, 0.15) is 6.92 Å². The summed E-state index contributed by atoms with van der Waals surface area (Å²) in [6.45, 7) is 2.13. The van der Waals surface area contributed by atoms with E-state index in [4.69, 9.17) is 9.47 Å². The van der Waals surface area contributed by atoms with E-state index < -0.39 is 13.1 Å². The molecule has 3 nitrogen and oxygen atoms in total. The van der Waals surface area contributed by atoms with Gasteiger partial charge in [0.05, 0.1) is 6.61 Å². The Morgan fingerprint density at radius 3 is 1.43 bits per heavy atom. The minimum Gasteiger partial charge on any atom is -1.00 e. The van der Waals surface area contributed by atoms with E-state index >= 15 is 0 Å². The third-order valence-corrected chi connectivity index (χ3v) is 9.02. The lowest BCUT2D eigenvalue weighted by Gasteiger charge is -2.32. The minimum absolute atomic E-state index is 0. The number of carbonyl (C=O) groups excluding carboxylic acids is 1. The average molecular weight is 415 g/mol. The van der Waals surface area contributed by atoms with Crippen LogP contribution in [-0.4, -0.2) is 25.5 Å². The first-order valence-corrected chi connectivity index (χ1v) is 10.9. The largest absolute Gasteiger partial charge is 1.00 e. The fourth-order valence-electron chi connectivity index (χ4n) is 3.47. The molecule has 0 spiro atoms. The second-order valence-electron chi connectivity index (χ2n) is 6.07. The Morgan fingerprint density at radius 1 is 0.786 bits per heavy atom. The summed E-state index contributed by atoms with van der Waals surface area (Å²) in [6.07, 6.45) is 0. The van der Waals surface area contributed by atoms with Crippen molar-refractivity contribution in [1.29, 1.82) is 0 Å². The van der Waals surface area contributed by atoms with Crippen molar-refractivity contribution < 1.29 is 26.7 Å². The van der Waals surface area contributed by atoms with Crippen LogP contribution in [0.2, 0.25) is 0 Å². The fourth-order valence-corrected chi connectivity index (χ4v) is 7.81. The predicted octanol–water partition coefficient (Wildman–Crippen LogP) is 0.520. The molecule has 3 aromatic carbocycles. The molecule has 0 N–H and O–H groups in total. The number of rotatable bonds is 7. The number of esters is 1. The van der Waals surface area contributed by atoms with Crippen molar-refractivity contribution in [3.8, 4) is 0 Å². The van der Waals surface area contributed by atoms with Gasteiger partial charge in [0.25, 0.3) is 5.85 Å². The number of ether oxygens (including phenoxy) is 2. The van der Waals surface area contributed by atoms with Gasteiger partial charge in [0, 0.05) is 7.11 Å². The molecule has 0 bridgehead atoms. The van der Waals surface area contributed by atoms with Crippen LogP contribution >= 0.6 is 7.26 Å². The number of hydrogen-bond donors (Lipinski definition) is 0. The van der Waals surface area contributed by atoms with E-state index in [1.807, 2.05) is 61.5 Å². The van der Waals surface area contributed by atoms with Gasteiger partial charge in [-0.1, -0.05) is 54.6 Å². The first-order valence-electron chi connectivity index (χ1n) is 9.00. The maximum atomic E-state index is 13.0. The molecule has 0 fully saturated rings. The topological polar surface area (TPSA) is 35.5 Å². The molecule has 0 saturated heterocycles. The number of halogens is 1. The molecule has 1 unspecified atom stereocenters. The van der Waals surface area contributed by atoms with E-state index in [0.717, 1.165) is 15.9 Å². The van der Waals surface area contributed by atoms with Crippen molar-refractivity contribution >= 4 is 29.1 Å². The minimum atomic E-state index is -2.45. The molecule has 0 aliphatic rings. The van der Waals surface area contributed by atoms with Gasteiger partial charge in [0.2, 0.25) is 0 Å². The summed E-state index contributed by atoms with van der Waals surface area (Å²) >= 11 is 0. The highest BCUT2D eigenvalue weighted by Crippen LogP contribution is 2.60. The lowest BCUT2D eigenvalue weighted by Crippen LogP contribution is -3.00. The summed E-state index contributed by atoms with van der Waals surface area (Å²) in [5.74, 6) is -1.05. The smallest absolute Gasteiger partial charge is 0.376 e. The molecule has 3 rings (SSSR count). The van der Waals surface area contributed by atoms with Crippen LogP contribution in [0.4, 0.5) is 0 Å². The molecule has 3 aromatic rings. The van der Waals surface area contributed by atoms with Crippen LogP contribution in [0, 0.1) is 0 Å². The third kappa shape index (κ3) is 4.12. The number of hydrogen-bond acceptors (Lipinski definition) is 3. The summed E-state index contributed by atoms with van der Waals surface area (Å²) in [7, 11) is -0.858. The van der Waals surface area contributed by atoms with Crippen molar-refractivity contribution in [1.82, 2.24) is 0 Å². The molecule has 0 aliphatic heterocycles. The summed E-state index contributed by atoms with van der Waals surface area (Å²) in [5.41, 5.74) is 0. The van der Waals surface area contributed by atoms with Crippen LogP contribution < -0.4 is 28.3 Å². The monoisotopic (exact) mass is 414 g/mol. The number of methoxy groups -OCH3 is 1. The molecular weight excluding hydrogens is 391 g/mol. The van der Waals surface area contributed by atoms with E-state index in [9.17, 15) is 4.79 Å². The lowest BCUT2D eigenvalue weighted by atomic mass is 10.4. The zero-order chi connectivity index (χ0) is 19.1. The van der Waals surface area contributed by atoms with Gasteiger partial charge in [-0.15, -0.1) is 0 Å². The Balaban J connectivity index is 0.00000280. The Kier molecular flexibility index (Phi) is 8.19. The average Bonchev–Trinajstić information content (AvgIpc) is 2.74. The van der Waals surface area contributed by atoms with Crippen molar-refractivity contribution in [2.75, 3.05) is 13.7 Å². The van der Waals surface area contributed by atoms with E-state index in [1.165, 1.54) is 0 Å². The second-order valence-corrected chi connectivity index (χ2v) is 9.53. The molecule has 0 saturated carbocycles. The van der Waals surface area contributed by atoms with E-state index in [2.05, 4.69) is 36.4 Å². The first kappa shape index (κ1) is 22.1. The SMILES string of the molecule is CCOC(=O)C(OC)[P+](c1ccccc1)(c1ccccc1)c1ccccc1.[Cl-]. The maximum Gasteiger partial charge on any atom is 0.376 e. The predicted molar refractivity (Wildman–Crippen MR) is 113 cm³/mol. The number of benzene rings is 3. The Morgan fingerprint density at radius 2 is 1.14 bits per heavy atom. The van der Waals surface area contributed by atoms with Crippen LogP contribution in [0.3, 0.4) is 0 Å². The molecule has 0 heterocycles. The van der Waals surface area contributed by atoms with Gasteiger partial charge in [-0.2, -0.15) is 0 Å². The van der Waals surface area contributed by atoms with Gasteiger partial charge < -0.3 is 21.9 Å². The van der Waals surface area contributed by atoms with E-state index in [0.29, 0.717) is 6.61 Å². The van der Waals surface area contributed by atoms with Crippen molar-refractivity contribution in [2.24, 2.45) is 0 Å². The van der Waals surface area contributed by atoms with Gasteiger partial charge in [-0.05, 0) is 43.3 Å². The Labute approximate surface area is 173 Å². The van der Waals surface area contributed by atoms with Gasteiger partial charge in [0.1, 0.15) is 15.9 Å². The quantitative estimate of drug-likeness (QED) is 0.418.